The van der Waals surface area contributed by atoms with Crippen LogP contribution in [0.25, 0.3) is 0 Å². The SMILES string of the molecule is CCOC(=O)CN(CCN)CCN.Cl. The summed E-state index contributed by atoms with van der Waals surface area (Å²) in [7, 11) is 0. The summed E-state index contributed by atoms with van der Waals surface area (Å²) in [5.74, 6) is -0.218. The van der Waals surface area contributed by atoms with Crippen LogP contribution < -0.4 is 11.5 Å². The molecule has 0 bridgehead atoms. The van der Waals surface area contributed by atoms with Gasteiger partial charge in [0.15, 0.2) is 0 Å². The van der Waals surface area contributed by atoms with Gasteiger partial charge in [0.1, 0.15) is 0 Å². The first-order chi connectivity index (χ1) is 6.24. The van der Waals surface area contributed by atoms with Gasteiger partial charge in [0.25, 0.3) is 0 Å². The summed E-state index contributed by atoms with van der Waals surface area (Å²) in [5, 5.41) is 0. The van der Waals surface area contributed by atoms with Crippen molar-refractivity contribution in [3.63, 3.8) is 0 Å². The molecule has 0 aromatic rings. The molecule has 0 unspecified atom stereocenters. The lowest BCUT2D eigenvalue weighted by Crippen LogP contribution is -2.38. The summed E-state index contributed by atoms with van der Waals surface area (Å²) in [4.78, 5) is 12.9. The molecule has 0 saturated heterocycles. The maximum Gasteiger partial charge on any atom is 0.320 e. The van der Waals surface area contributed by atoms with Crippen LogP contribution in [-0.2, 0) is 9.53 Å². The third-order valence-corrected chi connectivity index (χ3v) is 1.55. The van der Waals surface area contributed by atoms with Gasteiger partial charge in [-0.05, 0) is 6.92 Å². The van der Waals surface area contributed by atoms with Crippen molar-refractivity contribution >= 4 is 18.4 Å². The molecule has 0 aliphatic carbocycles. The molecule has 0 amide bonds. The fourth-order valence-electron chi connectivity index (χ4n) is 1.02. The molecule has 0 aromatic heterocycles. The molecular weight excluding hydrogens is 206 g/mol. The second-order valence-electron chi connectivity index (χ2n) is 2.66. The van der Waals surface area contributed by atoms with Gasteiger partial charge in [0.2, 0.25) is 0 Å². The van der Waals surface area contributed by atoms with E-state index in [1.165, 1.54) is 0 Å². The predicted molar refractivity (Wildman–Crippen MR) is 58.4 cm³/mol. The van der Waals surface area contributed by atoms with E-state index < -0.39 is 0 Å². The lowest BCUT2D eigenvalue weighted by atomic mass is 10.4. The number of esters is 1. The molecule has 6 heteroatoms. The molecule has 0 aromatic carbocycles. The van der Waals surface area contributed by atoms with E-state index in [9.17, 15) is 4.79 Å². The molecule has 0 fully saturated rings. The lowest BCUT2D eigenvalue weighted by Gasteiger charge is -2.18. The summed E-state index contributed by atoms with van der Waals surface area (Å²) in [6.07, 6.45) is 0. The molecule has 0 rings (SSSR count). The van der Waals surface area contributed by atoms with Crippen molar-refractivity contribution < 1.29 is 9.53 Å². The molecule has 0 radical (unpaired) electrons. The van der Waals surface area contributed by atoms with Gasteiger partial charge in [0, 0.05) is 26.2 Å². The minimum absolute atomic E-state index is 0. The van der Waals surface area contributed by atoms with Gasteiger partial charge in [-0.2, -0.15) is 0 Å². The zero-order valence-corrected chi connectivity index (χ0v) is 9.39. The van der Waals surface area contributed by atoms with Crippen LogP contribution in [0.3, 0.4) is 0 Å². The monoisotopic (exact) mass is 225 g/mol. The summed E-state index contributed by atoms with van der Waals surface area (Å²) < 4.78 is 4.80. The minimum Gasteiger partial charge on any atom is -0.465 e. The van der Waals surface area contributed by atoms with Crippen LogP contribution in [0, 0.1) is 0 Å². The molecule has 0 spiro atoms. The quantitative estimate of drug-likeness (QED) is 0.554. The Morgan fingerprint density at radius 2 is 1.79 bits per heavy atom. The molecule has 4 N–H and O–H groups in total. The Morgan fingerprint density at radius 1 is 1.29 bits per heavy atom. The smallest absolute Gasteiger partial charge is 0.320 e. The molecule has 0 atom stereocenters. The van der Waals surface area contributed by atoms with Crippen LogP contribution in [0.2, 0.25) is 0 Å². The highest BCUT2D eigenvalue weighted by molar-refractivity contribution is 5.85. The van der Waals surface area contributed by atoms with Crippen molar-refractivity contribution in [2.24, 2.45) is 11.5 Å². The summed E-state index contributed by atoms with van der Waals surface area (Å²) in [6, 6.07) is 0. The maximum atomic E-state index is 11.1. The third kappa shape index (κ3) is 8.25. The Labute approximate surface area is 91.2 Å². The van der Waals surface area contributed by atoms with E-state index in [0.717, 1.165) is 0 Å². The minimum atomic E-state index is -0.218. The fraction of sp³-hybridized carbons (Fsp3) is 0.875. The average molecular weight is 226 g/mol. The molecule has 0 aliphatic rings. The zero-order chi connectivity index (χ0) is 10.1. The van der Waals surface area contributed by atoms with Crippen molar-refractivity contribution in [3.05, 3.63) is 0 Å². The second-order valence-corrected chi connectivity index (χ2v) is 2.66. The van der Waals surface area contributed by atoms with Gasteiger partial charge >= 0.3 is 5.97 Å². The summed E-state index contributed by atoms with van der Waals surface area (Å²) in [6.45, 7) is 4.89. The summed E-state index contributed by atoms with van der Waals surface area (Å²) in [5.41, 5.74) is 10.7. The second kappa shape index (κ2) is 10.7. The highest BCUT2D eigenvalue weighted by atomic mass is 35.5. The van der Waals surface area contributed by atoms with Crippen LogP contribution in [0.1, 0.15) is 6.92 Å². The van der Waals surface area contributed by atoms with E-state index >= 15 is 0 Å². The maximum absolute atomic E-state index is 11.1. The lowest BCUT2D eigenvalue weighted by molar-refractivity contribution is -0.144. The van der Waals surface area contributed by atoms with Gasteiger partial charge in [0.05, 0.1) is 13.2 Å². The first-order valence-corrected chi connectivity index (χ1v) is 4.52. The van der Waals surface area contributed by atoms with Gasteiger partial charge in [-0.15, -0.1) is 12.4 Å². The fourth-order valence-corrected chi connectivity index (χ4v) is 1.02. The Bertz CT molecular complexity index is 141. The first-order valence-electron chi connectivity index (χ1n) is 4.52. The van der Waals surface area contributed by atoms with E-state index in [1.54, 1.807) is 6.92 Å². The highest BCUT2D eigenvalue weighted by Gasteiger charge is 2.09. The number of hydrogen-bond acceptors (Lipinski definition) is 5. The number of nitrogens with zero attached hydrogens (tertiary/aromatic N) is 1. The first kappa shape index (κ1) is 16.1. The normalized spacial score (nSPS) is 9.71. The van der Waals surface area contributed by atoms with Crippen molar-refractivity contribution in [1.29, 1.82) is 0 Å². The van der Waals surface area contributed by atoms with Crippen LogP contribution in [0.15, 0.2) is 0 Å². The molecule has 14 heavy (non-hydrogen) atoms. The van der Waals surface area contributed by atoms with Crippen LogP contribution in [0.5, 0.6) is 0 Å². The number of carbonyl (C=O) groups excluding carboxylic acids is 1. The molecule has 86 valence electrons. The standard InChI is InChI=1S/C8H19N3O2.ClH/c1-2-13-8(12)7-11(5-3-9)6-4-10;/h2-7,9-10H2,1H3;1H. The van der Waals surface area contributed by atoms with Crippen LogP contribution in [-0.4, -0.2) is 50.2 Å². The van der Waals surface area contributed by atoms with Gasteiger partial charge in [-0.1, -0.05) is 0 Å². The highest BCUT2D eigenvalue weighted by Crippen LogP contribution is 1.88. The molecule has 5 nitrogen and oxygen atoms in total. The number of rotatable bonds is 7. The largest absolute Gasteiger partial charge is 0.465 e. The molecule has 0 heterocycles. The Hall–Kier alpha value is -0.360. The number of ether oxygens (including phenoxy) is 1. The van der Waals surface area contributed by atoms with Gasteiger partial charge in [-0.25, -0.2) is 0 Å². The van der Waals surface area contributed by atoms with E-state index in [0.29, 0.717) is 32.8 Å². The van der Waals surface area contributed by atoms with Gasteiger partial charge in [-0.3, -0.25) is 9.69 Å². The van der Waals surface area contributed by atoms with Crippen LogP contribution in [0.4, 0.5) is 0 Å². The number of nitrogens with two attached hydrogens (primary N) is 2. The van der Waals surface area contributed by atoms with Crippen molar-refractivity contribution in [2.45, 2.75) is 6.92 Å². The van der Waals surface area contributed by atoms with Gasteiger partial charge < -0.3 is 16.2 Å². The van der Waals surface area contributed by atoms with Crippen molar-refractivity contribution in [3.8, 4) is 0 Å². The topological polar surface area (TPSA) is 81.6 Å². The van der Waals surface area contributed by atoms with E-state index in [4.69, 9.17) is 16.2 Å². The van der Waals surface area contributed by atoms with Crippen LogP contribution >= 0.6 is 12.4 Å². The summed E-state index contributed by atoms with van der Waals surface area (Å²) >= 11 is 0. The molecular formula is C8H20ClN3O2. The Morgan fingerprint density at radius 3 is 2.14 bits per heavy atom. The Balaban J connectivity index is 0. The zero-order valence-electron chi connectivity index (χ0n) is 8.57. The van der Waals surface area contributed by atoms with E-state index in [1.807, 2.05) is 4.90 Å². The predicted octanol–water partition coefficient (Wildman–Crippen LogP) is -0.809. The van der Waals surface area contributed by atoms with E-state index in [-0.39, 0.29) is 24.9 Å². The van der Waals surface area contributed by atoms with E-state index in [2.05, 4.69) is 0 Å². The molecule has 0 aliphatic heterocycles. The van der Waals surface area contributed by atoms with Crippen molar-refractivity contribution in [1.82, 2.24) is 4.90 Å². The average Bonchev–Trinajstić information content (AvgIpc) is 2.05. The number of carbonyl (C=O) groups is 1. The molecule has 0 saturated carbocycles. The third-order valence-electron chi connectivity index (χ3n) is 1.55. The Kier molecular flexibility index (Phi) is 12.3. The number of hydrogen-bond donors (Lipinski definition) is 2. The number of halogens is 1. The van der Waals surface area contributed by atoms with Crippen molar-refractivity contribution in [2.75, 3.05) is 39.3 Å².